The summed E-state index contributed by atoms with van der Waals surface area (Å²) in [7, 11) is 0. The van der Waals surface area contributed by atoms with E-state index in [-0.39, 0.29) is 5.75 Å². The molecule has 7 heteroatoms. The van der Waals surface area contributed by atoms with Crippen molar-refractivity contribution in [2.24, 2.45) is 0 Å². The van der Waals surface area contributed by atoms with Crippen LogP contribution in [0.15, 0.2) is 72.8 Å². The number of amides is 2. The van der Waals surface area contributed by atoms with Crippen molar-refractivity contribution >= 4 is 40.8 Å². The van der Waals surface area contributed by atoms with E-state index in [9.17, 15) is 14.4 Å². The highest BCUT2D eigenvalue weighted by atomic mass is 35.5. The standard InChI is InChI=1S/C22H17ClN2O4/c1-14(26)29-16-8-6-7-15(13-16)21(27)24-19-11-4-5-12-20(19)25-22(28)17-9-2-3-10-18(17)23/h2-13H,1H3,(H,24,27)(H,25,28). The van der Waals surface area contributed by atoms with Gasteiger partial charge in [0.15, 0.2) is 0 Å². The third-order valence-electron chi connectivity index (χ3n) is 3.90. The van der Waals surface area contributed by atoms with E-state index in [1.807, 2.05) is 0 Å². The fourth-order valence-corrected chi connectivity index (χ4v) is 2.82. The average Bonchev–Trinajstić information content (AvgIpc) is 2.69. The zero-order chi connectivity index (χ0) is 20.8. The van der Waals surface area contributed by atoms with Gasteiger partial charge in [-0.25, -0.2) is 0 Å². The fourth-order valence-electron chi connectivity index (χ4n) is 2.60. The lowest BCUT2D eigenvalue weighted by Gasteiger charge is -2.13. The molecule has 2 N–H and O–H groups in total. The Morgan fingerprint density at radius 1 is 0.793 bits per heavy atom. The van der Waals surface area contributed by atoms with E-state index < -0.39 is 17.8 Å². The Morgan fingerprint density at radius 2 is 1.41 bits per heavy atom. The van der Waals surface area contributed by atoms with Crippen LogP contribution in [0.5, 0.6) is 5.75 Å². The Kier molecular flexibility index (Phi) is 6.26. The highest BCUT2D eigenvalue weighted by Gasteiger charge is 2.14. The molecule has 0 fully saturated rings. The van der Waals surface area contributed by atoms with Crippen molar-refractivity contribution in [3.8, 4) is 5.75 Å². The van der Waals surface area contributed by atoms with Gasteiger partial charge in [0, 0.05) is 12.5 Å². The molecule has 0 unspecified atom stereocenters. The third kappa shape index (κ3) is 5.21. The number of carbonyl (C=O) groups is 3. The Hall–Kier alpha value is -3.64. The maximum Gasteiger partial charge on any atom is 0.308 e. The van der Waals surface area contributed by atoms with Gasteiger partial charge in [-0.1, -0.05) is 41.9 Å². The van der Waals surface area contributed by atoms with Crippen molar-refractivity contribution < 1.29 is 19.1 Å². The van der Waals surface area contributed by atoms with E-state index in [0.717, 1.165) is 0 Å². The lowest BCUT2D eigenvalue weighted by molar-refractivity contribution is -0.131. The van der Waals surface area contributed by atoms with E-state index in [2.05, 4.69) is 10.6 Å². The van der Waals surface area contributed by atoms with Gasteiger partial charge >= 0.3 is 5.97 Å². The molecule has 0 spiro atoms. The molecular formula is C22H17ClN2O4. The minimum atomic E-state index is -0.477. The van der Waals surface area contributed by atoms with Crippen LogP contribution in [0.4, 0.5) is 11.4 Å². The Morgan fingerprint density at radius 3 is 2.07 bits per heavy atom. The van der Waals surface area contributed by atoms with Gasteiger partial charge < -0.3 is 15.4 Å². The maximum atomic E-state index is 12.6. The molecule has 6 nitrogen and oxygen atoms in total. The first-order valence-electron chi connectivity index (χ1n) is 8.69. The van der Waals surface area contributed by atoms with Crippen LogP contribution in [0.1, 0.15) is 27.6 Å². The van der Waals surface area contributed by atoms with E-state index in [0.29, 0.717) is 27.5 Å². The fraction of sp³-hybridized carbons (Fsp3) is 0.0455. The highest BCUT2D eigenvalue weighted by Crippen LogP contribution is 2.24. The summed E-state index contributed by atoms with van der Waals surface area (Å²) in [6.45, 7) is 1.28. The van der Waals surface area contributed by atoms with E-state index in [1.54, 1.807) is 66.7 Å². The van der Waals surface area contributed by atoms with Crippen LogP contribution < -0.4 is 15.4 Å². The number of hydrogen-bond acceptors (Lipinski definition) is 4. The first-order valence-corrected chi connectivity index (χ1v) is 9.06. The average molecular weight is 409 g/mol. The van der Waals surface area contributed by atoms with Crippen LogP contribution in [0.2, 0.25) is 5.02 Å². The van der Waals surface area contributed by atoms with E-state index in [4.69, 9.17) is 16.3 Å². The lowest BCUT2D eigenvalue weighted by atomic mass is 10.1. The summed E-state index contributed by atoms with van der Waals surface area (Å²) in [5.41, 5.74) is 1.46. The quantitative estimate of drug-likeness (QED) is 0.470. The van der Waals surface area contributed by atoms with E-state index in [1.165, 1.54) is 13.0 Å². The third-order valence-corrected chi connectivity index (χ3v) is 4.23. The van der Waals surface area contributed by atoms with Gasteiger partial charge in [-0.15, -0.1) is 0 Å². The van der Waals surface area contributed by atoms with Crippen LogP contribution >= 0.6 is 11.6 Å². The number of esters is 1. The SMILES string of the molecule is CC(=O)Oc1cccc(C(=O)Nc2ccccc2NC(=O)c2ccccc2Cl)c1. The first kappa shape index (κ1) is 20.1. The number of nitrogens with one attached hydrogen (secondary N) is 2. The predicted octanol–water partition coefficient (Wildman–Crippen LogP) is 4.77. The van der Waals surface area contributed by atoms with Crippen LogP contribution in [0.3, 0.4) is 0 Å². The maximum absolute atomic E-state index is 12.6. The first-order chi connectivity index (χ1) is 13.9. The number of carbonyl (C=O) groups excluding carboxylic acids is 3. The minimum absolute atomic E-state index is 0.269. The topological polar surface area (TPSA) is 84.5 Å². The van der Waals surface area contributed by atoms with Crippen LogP contribution in [-0.2, 0) is 4.79 Å². The summed E-state index contributed by atoms with van der Waals surface area (Å²) < 4.78 is 5.00. The zero-order valence-electron chi connectivity index (χ0n) is 15.4. The highest BCUT2D eigenvalue weighted by molar-refractivity contribution is 6.34. The number of benzene rings is 3. The Bertz CT molecular complexity index is 1080. The molecule has 0 saturated carbocycles. The zero-order valence-corrected chi connectivity index (χ0v) is 16.2. The molecule has 146 valence electrons. The minimum Gasteiger partial charge on any atom is -0.427 e. The molecule has 0 saturated heterocycles. The van der Waals surface area contributed by atoms with E-state index >= 15 is 0 Å². The second-order valence-corrected chi connectivity index (χ2v) is 6.46. The molecule has 0 atom stereocenters. The summed E-state index contributed by atoms with van der Waals surface area (Å²) in [5, 5.41) is 5.83. The molecule has 0 radical (unpaired) electrons. The summed E-state index contributed by atoms with van der Waals surface area (Å²) in [6.07, 6.45) is 0. The number of anilines is 2. The monoisotopic (exact) mass is 408 g/mol. The van der Waals surface area contributed by atoms with Gasteiger partial charge in [-0.05, 0) is 42.5 Å². The summed E-state index contributed by atoms with van der Waals surface area (Å²) in [5.74, 6) is -1.02. The van der Waals surface area contributed by atoms with Crippen molar-refractivity contribution in [2.45, 2.75) is 6.92 Å². The second kappa shape index (κ2) is 9.03. The van der Waals surface area contributed by atoms with Crippen LogP contribution in [-0.4, -0.2) is 17.8 Å². The second-order valence-electron chi connectivity index (χ2n) is 6.06. The molecular weight excluding hydrogens is 392 g/mol. The number of halogens is 1. The molecule has 0 aliphatic heterocycles. The normalized spacial score (nSPS) is 10.1. The number of hydrogen-bond donors (Lipinski definition) is 2. The van der Waals surface area contributed by atoms with Crippen molar-refractivity contribution in [2.75, 3.05) is 10.6 Å². The molecule has 0 aliphatic rings. The van der Waals surface area contributed by atoms with Crippen LogP contribution in [0.25, 0.3) is 0 Å². The molecule has 29 heavy (non-hydrogen) atoms. The van der Waals surface area contributed by atoms with Crippen molar-refractivity contribution in [1.82, 2.24) is 0 Å². The molecule has 3 aromatic carbocycles. The number of ether oxygens (including phenoxy) is 1. The number of para-hydroxylation sites is 2. The van der Waals surface area contributed by atoms with Gasteiger partial charge in [-0.3, -0.25) is 14.4 Å². The lowest BCUT2D eigenvalue weighted by Crippen LogP contribution is -2.17. The van der Waals surface area contributed by atoms with Gasteiger partial charge in [0.2, 0.25) is 0 Å². The largest absolute Gasteiger partial charge is 0.427 e. The van der Waals surface area contributed by atoms with Gasteiger partial charge in [0.25, 0.3) is 11.8 Å². The van der Waals surface area contributed by atoms with Crippen molar-refractivity contribution in [3.63, 3.8) is 0 Å². The molecule has 0 heterocycles. The molecule has 0 aliphatic carbocycles. The molecule has 3 rings (SSSR count). The summed E-state index contributed by atoms with van der Waals surface area (Å²) in [4.78, 5) is 36.3. The summed E-state index contributed by atoms with van der Waals surface area (Å²) >= 11 is 6.07. The Labute approximate surface area is 172 Å². The molecule has 0 aromatic heterocycles. The van der Waals surface area contributed by atoms with Gasteiger partial charge in [-0.2, -0.15) is 0 Å². The Balaban J connectivity index is 1.79. The molecule has 0 bridgehead atoms. The smallest absolute Gasteiger partial charge is 0.308 e. The summed E-state index contributed by atoms with van der Waals surface area (Å²) in [6, 6.07) is 19.7. The van der Waals surface area contributed by atoms with Crippen molar-refractivity contribution in [3.05, 3.63) is 88.9 Å². The molecule has 2 amide bonds. The van der Waals surface area contributed by atoms with Gasteiger partial charge in [0.1, 0.15) is 5.75 Å². The van der Waals surface area contributed by atoms with Crippen LogP contribution in [0, 0.1) is 0 Å². The predicted molar refractivity (Wildman–Crippen MR) is 112 cm³/mol. The van der Waals surface area contributed by atoms with Crippen molar-refractivity contribution in [1.29, 1.82) is 0 Å². The molecule has 3 aromatic rings. The van der Waals surface area contributed by atoms with Gasteiger partial charge in [0.05, 0.1) is 22.0 Å². The number of rotatable bonds is 5.